The molecular formula is C13H14O4. The number of hydrogen-bond donors (Lipinski definition) is 0. The molecule has 4 aliphatic rings. The summed E-state index contributed by atoms with van der Waals surface area (Å²) in [6.45, 7) is 0. The summed E-state index contributed by atoms with van der Waals surface area (Å²) in [5, 5.41) is 0. The van der Waals surface area contributed by atoms with Gasteiger partial charge in [-0.1, -0.05) is 12.2 Å². The molecule has 4 rings (SSSR count). The van der Waals surface area contributed by atoms with Crippen LogP contribution in [-0.2, 0) is 19.1 Å². The molecule has 0 aromatic rings. The number of methoxy groups -OCH3 is 2. The first kappa shape index (κ1) is 10.6. The molecule has 4 atom stereocenters. The summed E-state index contributed by atoms with van der Waals surface area (Å²) in [6, 6.07) is 0. The highest BCUT2D eigenvalue weighted by molar-refractivity contribution is 6.02. The zero-order valence-electron chi connectivity index (χ0n) is 9.80. The van der Waals surface area contributed by atoms with Crippen molar-refractivity contribution in [2.45, 2.75) is 6.42 Å². The predicted octanol–water partition coefficient (Wildman–Crippen LogP) is 1.08. The number of hydrogen-bond acceptors (Lipinski definition) is 4. The molecule has 4 heteroatoms. The molecule has 0 aromatic carbocycles. The lowest BCUT2D eigenvalue weighted by Gasteiger charge is -2.32. The minimum atomic E-state index is -0.393. The Hall–Kier alpha value is -1.58. The van der Waals surface area contributed by atoms with Crippen molar-refractivity contribution in [3.05, 3.63) is 23.3 Å². The van der Waals surface area contributed by atoms with Gasteiger partial charge in [0.25, 0.3) is 0 Å². The summed E-state index contributed by atoms with van der Waals surface area (Å²) in [5.74, 6) is 0.350. The molecule has 0 unspecified atom stereocenters. The van der Waals surface area contributed by atoms with E-state index in [1.807, 2.05) is 12.2 Å². The van der Waals surface area contributed by atoms with Crippen LogP contribution >= 0.6 is 0 Å². The van der Waals surface area contributed by atoms with E-state index in [1.165, 1.54) is 14.2 Å². The van der Waals surface area contributed by atoms with E-state index in [0.29, 0.717) is 23.0 Å². The van der Waals surface area contributed by atoms with Crippen molar-refractivity contribution < 1.29 is 19.1 Å². The average molecular weight is 234 g/mol. The van der Waals surface area contributed by atoms with Gasteiger partial charge in [-0.15, -0.1) is 0 Å². The maximum absolute atomic E-state index is 11.8. The van der Waals surface area contributed by atoms with Crippen LogP contribution in [0.5, 0.6) is 0 Å². The minimum absolute atomic E-state index is 0.0477. The fourth-order valence-corrected chi connectivity index (χ4v) is 3.28. The van der Waals surface area contributed by atoms with E-state index in [2.05, 4.69) is 0 Å². The molecule has 0 spiro atoms. The first-order chi connectivity index (χ1) is 8.19. The molecule has 1 saturated carbocycles. The van der Waals surface area contributed by atoms with Gasteiger partial charge in [0, 0.05) is 11.8 Å². The highest BCUT2D eigenvalue weighted by Gasteiger charge is 2.57. The van der Waals surface area contributed by atoms with Gasteiger partial charge in [-0.2, -0.15) is 0 Å². The Kier molecular flexibility index (Phi) is 2.15. The Morgan fingerprint density at radius 2 is 1.41 bits per heavy atom. The first-order valence-corrected chi connectivity index (χ1v) is 5.78. The normalized spacial score (nSPS) is 36.6. The summed E-state index contributed by atoms with van der Waals surface area (Å²) in [7, 11) is 2.70. The Balaban J connectivity index is 2.09. The molecule has 17 heavy (non-hydrogen) atoms. The summed E-state index contributed by atoms with van der Waals surface area (Å²) >= 11 is 0. The average Bonchev–Trinajstić information content (AvgIpc) is 3.17. The van der Waals surface area contributed by atoms with Crippen LogP contribution in [0.1, 0.15) is 6.42 Å². The third-order valence-corrected chi connectivity index (χ3v) is 4.11. The largest absolute Gasteiger partial charge is 0.466 e. The van der Waals surface area contributed by atoms with E-state index >= 15 is 0 Å². The van der Waals surface area contributed by atoms with Gasteiger partial charge in [0.05, 0.1) is 25.4 Å². The highest BCUT2D eigenvalue weighted by Crippen LogP contribution is 2.61. The Bertz CT molecular complexity index is 420. The Morgan fingerprint density at radius 1 is 1.00 bits per heavy atom. The molecule has 0 heterocycles. The molecule has 90 valence electrons. The van der Waals surface area contributed by atoms with Crippen LogP contribution in [0, 0.1) is 23.7 Å². The van der Waals surface area contributed by atoms with Crippen molar-refractivity contribution in [1.82, 2.24) is 0 Å². The molecule has 2 bridgehead atoms. The van der Waals surface area contributed by atoms with Gasteiger partial charge in [0.2, 0.25) is 0 Å². The molecular weight excluding hydrogens is 220 g/mol. The second-order valence-corrected chi connectivity index (χ2v) is 4.81. The van der Waals surface area contributed by atoms with Gasteiger partial charge in [-0.25, -0.2) is 9.59 Å². The molecule has 1 fully saturated rings. The van der Waals surface area contributed by atoms with Crippen LogP contribution in [0.2, 0.25) is 0 Å². The molecule has 0 aliphatic heterocycles. The maximum Gasteiger partial charge on any atom is 0.334 e. The molecule has 0 radical (unpaired) electrons. The topological polar surface area (TPSA) is 52.6 Å². The summed E-state index contributed by atoms with van der Waals surface area (Å²) < 4.78 is 9.59. The number of ether oxygens (including phenoxy) is 2. The monoisotopic (exact) mass is 234 g/mol. The molecule has 0 saturated heterocycles. The Labute approximate surface area is 99.3 Å². The van der Waals surface area contributed by atoms with Gasteiger partial charge >= 0.3 is 11.9 Å². The van der Waals surface area contributed by atoms with Crippen LogP contribution in [-0.4, -0.2) is 26.2 Å². The number of esters is 2. The van der Waals surface area contributed by atoms with E-state index in [4.69, 9.17) is 9.47 Å². The lowest BCUT2D eigenvalue weighted by molar-refractivity contribution is -0.140. The van der Waals surface area contributed by atoms with E-state index in [-0.39, 0.29) is 11.8 Å². The summed E-state index contributed by atoms with van der Waals surface area (Å²) in [5.41, 5.74) is 1.04. The van der Waals surface area contributed by atoms with Crippen molar-refractivity contribution >= 4 is 11.9 Å². The predicted molar refractivity (Wildman–Crippen MR) is 58.8 cm³/mol. The number of carbonyl (C=O) groups excluding carboxylic acids is 2. The lowest BCUT2D eigenvalue weighted by Crippen LogP contribution is -2.33. The van der Waals surface area contributed by atoms with E-state index in [9.17, 15) is 9.59 Å². The number of rotatable bonds is 2. The SMILES string of the molecule is COC(=O)C1=C(C(=O)OC)[C@@H]2C=C[C@H]1[C@@H]1C[C@@H]12. The molecule has 4 nitrogen and oxygen atoms in total. The lowest BCUT2D eigenvalue weighted by atomic mass is 9.71. The van der Waals surface area contributed by atoms with Crippen molar-refractivity contribution in [1.29, 1.82) is 0 Å². The zero-order chi connectivity index (χ0) is 12.2. The van der Waals surface area contributed by atoms with Crippen molar-refractivity contribution in [3.63, 3.8) is 0 Å². The van der Waals surface area contributed by atoms with Crippen LogP contribution in [0.15, 0.2) is 23.3 Å². The molecule has 4 aliphatic carbocycles. The van der Waals surface area contributed by atoms with Crippen molar-refractivity contribution in [2.24, 2.45) is 23.7 Å². The zero-order valence-corrected chi connectivity index (χ0v) is 9.80. The van der Waals surface area contributed by atoms with Crippen LogP contribution in [0.3, 0.4) is 0 Å². The number of carbonyl (C=O) groups is 2. The maximum atomic E-state index is 11.8. The smallest absolute Gasteiger partial charge is 0.334 e. The molecule has 0 amide bonds. The summed E-state index contributed by atoms with van der Waals surface area (Å²) in [6.07, 6.45) is 5.17. The second kappa shape index (κ2) is 3.45. The van der Waals surface area contributed by atoms with Gasteiger partial charge < -0.3 is 9.47 Å². The van der Waals surface area contributed by atoms with E-state index < -0.39 is 11.9 Å². The fraction of sp³-hybridized carbons (Fsp3) is 0.538. The van der Waals surface area contributed by atoms with Crippen LogP contribution in [0.25, 0.3) is 0 Å². The minimum Gasteiger partial charge on any atom is -0.466 e. The summed E-state index contributed by atoms with van der Waals surface area (Å²) in [4.78, 5) is 23.7. The van der Waals surface area contributed by atoms with E-state index in [0.717, 1.165) is 6.42 Å². The van der Waals surface area contributed by atoms with Crippen LogP contribution in [0.4, 0.5) is 0 Å². The Morgan fingerprint density at radius 3 is 1.76 bits per heavy atom. The number of allylic oxidation sites excluding steroid dienone is 2. The fourth-order valence-electron chi connectivity index (χ4n) is 3.28. The molecule has 0 aromatic heterocycles. The van der Waals surface area contributed by atoms with Crippen molar-refractivity contribution in [3.8, 4) is 0 Å². The standard InChI is InChI=1S/C13H14O4/c1-16-12(14)10-6-3-4-7(9-5-8(6)9)11(10)13(15)17-2/h3-4,6-9H,5H2,1-2H3/t6-,7+,8-,9+. The third-order valence-electron chi connectivity index (χ3n) is 4.11. The van der Waals surface area contributed by atoms with Gasteiger partial charge in [0.1, 0.15) is 0 Å². The second-order valence-electron chi connectivity index (χ2n) is 4.81. The van der Waals surface area contributed by atoms with Gasteiger partial charge in [-0.3, -0.25) is 0 Å². The molecule has 0 N–H and O–H groups in total. The highest BCUT2D eigenvalue weighted by atomic mass is 16.5. The van der Waals surface area contributed by atoms with Crippen LogP contribution < -0.4 is 0 Å². The quantitative estimate of drug-likeness (QED) is 0.530. The first-order valence-electron chi connectivity index (χ1n) is 5.78. The van der Waals surface area contributed by atoms with Gasteiger partial charge in [-0.05, 0) is 18.3 Å². The van der Waals surface area contributed by atoms with Gasteiger partial charge in [0.15, 0.2) is 0 Å². The van der Waals surface area contributed by atoms with Crippen molar-refractivity contribution in [2.75, 3.05) is 14.2 Å². The third kappa shape index (κ3) is 1.30. The van der Waals surface area contributed by atoms with E-state index in [1.54, 1.807) is 0 Å².